The van der Waals surface area contributed by atoms with Crippen LogP contribution >= 0.6 is 0 Å². The Morgan fingerprint density at radius 3 is 2.48 bits per heavy atom. The number of aromatic hydroxyl groups is 2. The van der Waals surface area contributed by atoms with Gasteiger partial charge >= 0.3 is 5.97 Å². The van der Waals surface area contributed by atoms with Gasteiger partial charge in [0.2, 0.25) is 5.91 Å². The average Bonchev–Trinajstić information content (AvgIpc) is 2.43. The second-order valence-electron chi connectivity index (χ2n) is 4.70. The van der Waals surface area contributed by atoms with Gasteiger partial charge in [-0.25, -0.2) is 0 Å². The topological polar surface area (TPSA) is 124 Å². The lowest BCUT2D eigenvalue weighted by molar-refractivity contribution is -0.138. The van der Waals surface area contributed by atoms with Crippen molar-refractivity contribution in [2.45, 2.75) is 25.8 Å². The number of carbonyl (C=O) groups is 2. The summed E-state index contributed by atoms with van der Waals surface area (Å²) in [7, 11) is 0. The van der Waals surface area contributed by atoms with E-state index in [2.05, 4.69) is 0 Å². The normalized spacial score (nSPS) is 11.9. The van der Waals surface area contributed by atoms with E-state index < -0.39 is 12.0 Å². The van der Waals surface area contributed by atoms with Gasteiger partial charge < -0.3 is 26.0 Å². The van der Waals surface area contributed by atoms with Crippen LogP contribution in [0.5, 0.6) is 11.5 Å². The van der Waals surface area contributed by atoms with Gasteiger partial charge in [-0.1, -0.05) is 6.07 Å². The molecule has 1 amide bonds. The van der Waals surface area contributed by atoms with Crippen molar-refractivity contribution in [1.29, 1.82) is 0 Å². The van der Waals surface area contributed by atoms with E-state index in [0.29, 0.717) is 12.1 Å². The molecule has 5 N–H and O–H groups in total. The third kappa shape index (κ3) is 4.96. The highest BCUT2D eigenvalue weighted by molar-refractivity contribution is 5.82. The molecule has 0 spiro atoms. The fourth-order valence-electron chi connectivity index (χ4n) is 1.93. The van der Waals surface area contributed by atoms with Crippen LogP contribution in [0.3, 0.4) is 0 Å². The number of nitrogens with two attached hydrogens (primary N) is 1. The molecule has 0 aromatic heterocycles. The molecule has 1 aromatic rings. The van der Waals surface area contributed by atoms with Crippen LogP contribution in [-0.2, 0) is 16.0 Å². The molecule has 7 nitrogen and oxygen atoms in total. The predicted molar refractivity (Wildman–Crippen MR) is 76.0 cm³/mol. The van der Waals surface area contributed by atoms with Crippen molar-refractivity contribution in [3.63, 3.8) is 0 Å². The summed E-state index contributed by atoms with van der Waals surface area (Å²) in [6.07, 6.45) is 0.0581. The first-order valence-electron chi connectivity index (χ1n) is 6.62. The van der Waals surface area contributed by atoms with Crippen LogP contribution in [0, 0.1) is 0 Å². The summed E-state index contributed by atoms with van der Waals surface area (Å²) >= 11 is 0. The maximum Gasteiger partial charge on any atom is 0.305 e. The van der Waals surface area contributed by atoms with Gasteiger partial charge in [0.15, 0.2) is 11.5 Å². The minimum atomic E-state index is -0.974. The number of benzene rings is 1. The minimum Gasteiger partial charge on any atom is -0.504 e. The number of carboxylic acid groups (broad SMARTS) is 1. The van der Waals surface area contributed by atoms with Gasteiger partial charge in [0, 0.05) is 13.1 Å². The molecule has 1 atom stereocenters. The summed E-state index contributed by atoms with van der Waals surface area (Å²) in [5, 5.41) is 27.3. The van der Waals surface area contributed by atoms with Gasteiger partial charge in [0.25, 0.3) is 0 Å². The minimum absolute atomic E-state index is 0.110. The van der Waals surface area contributed by atoms with E-state index in [9.17, 15) is 19.8 Å². The highest BCUT2D eigenvalue weighted by atomic mass is 16.4. The summed E-state index contributed by atoms with van der Waals surface area (Å²) in [6, 6.07) is 3.40. The van der Waals surface area contributed by atoms with E-state index in [4.69, 9.17) is 10.8 Å². The number of phenols is 2. The molecule has 0 heterocycles. The van der Waals surface area contributed by atoms with Crippen molar-refractivity contribution in [3.8, 4) is 11.5 Å². The summed E-state index contributed by atoms with van der Waals surface area (Å²) < 4.78 is 0. The fourth-order valence-corrected chi connectivity index (χ4v) is 1.93. The molecule has 0 radical (unpaired) electrons. The molecule has 0 bridgehead atoms. The number of phenolic OH excluding ortho intramolecular Hbond substituents is 2. The van der Waals surface area contributed by atoms with Gasteiger partial charge in [-0.2, -0.15) is 0 Å². The monoisotopic (exact) mass is 296 g/mol. The van der Waals surface area contributed by atoms with Crippen LogP contribution in [0.4, 0.5) is 0 Å². The Hall–Kier alpha value is -2.28. The van der Waals surface area contributed by atoms with E-state index in [1.54, 1.807) is 13.0 Å². The fraction of sp³-hybridized carbons (Fsp3) is 0.429. The quantitative estimate of drug-likeness (QED) is 0.536. The average molecular weight is 296 g/mol. The number of hydrogen-bond donors (Lipinski definition) is 4. The van der Waals surface area contributed by atoms with Crippen LogP contribution in [-0.4, -0.2) is 51.2 Å². The van der Waals surface area contributed by atoms with Crippen molar-refractivity contribution >= 4 is 11.9 Å². The van der Waals surface area contributed by atoms with Crippen LogP contribution in [0.25, 0.3) is 0 Å². The standard InChI is InChI=1S/C14H20N2O5/c1-2-16(6-5-13(19)20)14(21)10(15)7-9-3-4-11(17)12(18)8-9/h3-4,8,10,17-18H,2,5-7,15H2,1H3,(H,19,20)/t10-/m0/s1. The lowest BCUT2D eigenvalue weighted by atomic mass is 10.0. The third-order valence-corrected chi connectivity index (χ3v) is 3.10. The second kappa shape index (κ2) is 7.49. The molecule has 1 aromatic carbocycles. The number of nitrogens with zero attached hydrogens (tertiary/aromatic N) is 1. The first-order chi connectivity index (χ1) is 9.85. The molecular formula is C14H20N2O5. The molecule has 116 valence electrons. The number of aliphatic carboxylic acids is 1. The molecular weight excluding hydrogens is 276 g/mol. The molecule has 0 saturated heterocycles. The number of carboxylic acids is 1. The van der Waals surface area contributed by atoms with Crippen molar-refractivity contribution < 1.29 is 24.9 Å². The molecule has 0 fully saturated rings. The number of hydrogen-bond acceptors (Lipinski definition) is 5. The number of rotatable bonds is 7. The van der Waals surface area contributed by atoms with Crippen molar-refractivity contribution in [3.05, 3.63) is 23.8 Å². The summed E-state index contributed by atoms with van der Waals surface area (Å²) in [6.45, 7) is 2.23. The lowest BCUT2D eigenvalue weighted by Gasteiger charge is -2.23. The second-order valence-corrected chi connectivity index (χ2v) is 4.70. The van der Waals surface area contributed by atoms with Gasteiger partial charge in [-0.3, -0.25) is 9.59 Å². The first-order valence-corrected chi connectivity index (χ1v) is 6.62. The van der Waals surface area contributed by atoms with Gasteiger partial charge in [0.1, 0.15) is 0 Å². The van der Waals surface area contributed by atoms with Crippen LogP contribution in [0.1, 0.15) is 18.9 Å². The number of carbonyl (C=O) groups excluding carboxylic acids is 1. The third-order valence-electron chi connectivity index (χ3n) is 3.10. The maximum absolute atomic E-state index is 12.1. The molecule has 0 unspecified atom stereocenters. The Labute approximate surface area is 122 Å². The lowest BCUT2D eigenvalue weighted by Crippen LogP contribution is -2.45. The molecule has 0 aliphatic heterocycles. The zero-order chi connectivity index (χ0) is 16.0. The molecule has 0 aliphatic carbocycles. The zero-order valence-corrected chi connectivity index (χ0v) is 11.8. The summed E-state index contributed by atoms with van der Waals surface area (Å²) in [4.78, 5) is 24.1. The summed E-state index contributed by atoms with van der Waals surface area (Å²) in [5.41, 5.74) is 6.45. The van der Waals surface area contributed by atoms with Crippen LogP contribution < -0.4 is 5.73 Å². The van der Waals surface area contributed by atoms with E-state index in [0.717, 1.165) is 0 Å². The van der Waals surface area contributed by atoms with Crippen molar-refractivity contribution in [2.24, 2.45) is 5.73 Å². The first kappa shape index (κ1) is 16.8. The van der Waals surface area contributed by atoms with Crippen LogP contribution in [0.15, 0.2) is 18.2 Å². The zero-order valence-electron chi connectivity index (χ0n) is 11.8. The summed E-state index contributed by atoms with van der Waals surface area (Å²) in [5.74, 6) is -1.83. The highest BCUT2D eigenvalue weighted by Gasteiger charge is 2.21. The van der Waals surface area contributed by atoms with Gasteiger partial charge in [-0.05, 0) is 31.0 Å². The maximum atomic E-state index is 12.1. The van der Waals surface area contributed by atoms with Gasteiger partial charge in [-0.15, -0.1) is 0 Å². The Morgan fingerprint density at radius 1 is 1.29 bits per heavy atom. The highest BCUT2D eigenvalue weighted by Crippen LogP contribution is 2.25. The number of amides is 1. The molecule has 0 aliphatic rings. The Kier molecular flexibility index (Phi) is 5.98. The number of likely N-dealkylation sites (N-methyl/N-ethyl adjacent to an activating group) is 1. The molecule has 0 saturated carbocycles. The van der Waals surface area contributed by atoms with Crippen molar-refractivity contribution in [2.75, 3.05) is 13.1 Å². The Morgan fingerprint density at radius 2 is 1.95 bits per heavy atom. The predicted octanol–water partition coefficient (Wildman–Crippen LogP) is 0.291. The van der Waals surface area contributed by atoms with Crippen LogP contribution in [0.2, 0.25) is 0 Å². The van der Waals surface area contributed by atoms with E-state index in [1.807, 2.05) is 0 Å². The van der Waals surface area contributed by atoms with Crippen molar-refractivity contribution in [1.82, 2.24) is 4.90 Å². The molecule has 7 heteroatoms. The Bertz CT molecular complexity index is 518. The smallest absolute Gasteiger partial charge is 0.305 e. The SMILES string of the molecule is CCN(CCC(=O)O)C(=O)[C@@H](N)Cc1ccc(O)c(O)c1. The Balaban J connectivity index is 2.67. The van der Waals surface area contributed by atoms with E-state index >= 15 is 0 Å². The molecule has 1 rings (SSSR count). The van der Waals surface area contributed by atoms with E-state index in [1.165, 1.54) is 17.0 Å². The van der Waals surface area contributed by atoms with E-state index in [-0.39, 0.29) is 36.8 Å². The molecule has 21 heavy (non-hydrogen) atoms. The van der Waals surface area contributed by atoms with Gasteiger partial charge in [0.05, 0.1) is 12.5 Å². The largest absolute Gasteiger partial charge is 0.504 e.